The van der Waals surface area contributed by atoms with Crippen molar-refractivity contribution in [3.63, 3.8) is 0 Å². The monoisotopic (exact) mass is 461 g/mol. The maximum Gasteiger partial charge on any atom is 0.416 e. The first kappa shape index (κ1) is 23.9. The van der Waals surface area contributed by atoms with Gasteiger partial charge in [0.05, 0.1) is 28.0 Å². The molecule has 2 aromatic rings. The van der Waals surface area contributed by atoms with Crippen LogP contribution in [-0.2, 0) is 15.7 Å². The van der Waals surface area contributed by atoms with Crippen molar-refractivity contribution in [1.82, 2.24) is 0 Å². The topological polar surface area (TPSA) is 116 Å². The highest BCUT2D eigenvalue weighted by Crippen LogP contribution is 2.39. The highest BCUT2D eigenvalue weighted by atomic mass is 35.5. The number of aromatic carboxylic acids is 1. The molecule has 0 radical (unpaired) electrons. The fraction of sp³-hybridized carbons (Fsp3) is 0.263. The lowest BCUT2D eigenvalue weighted by Crippen LogP contribution is -2.16. The SMILES string of the molecule is CCOC(=O)C(C)c1cc(Oc2ccc(C(F)(F)F)cc2Cl)cc(C(=O)O)c1[N+](=O)[O-]. The molecule has 0 aliphatic rings. The number of carboxylic acid groups (broad SMARTS) is 1. The summed E-state index contributed by atoms with van der Waals surface area (Å²) < 4.78 is 48.6. The Bertz CT molecular complexity index is 1040. The number of nitrogens with zero attached hydrogens (tertiary/aromatic N) is 1. The Kier molecular flexibility index (Phi) is 7.11. The van der Waals surface area contributed by atoms with E-state index < -0.39 is 50.8 Å². The van der Waals surface area contributed by atoms with Crippen molar-refractivity contribution in [2.45, 2.75) is 25.9 Å². The van der Waals surface area contributed by atoms with Gasteiger partial charge in [-0.15, -0.1) is 0 Å². The second kappa shape index (κ2) is 9.21. The normalized spacial score (nSPS) is 12.2. The Labute approximate surface area is 178 Å². The lowest BCUT2D eigenvalue weighted by atomic mass is 9.95. The van der Waals surface area contributed by atoms with E-state index in [0.29, 0.717) is 12.1 Å². The largest absolute Gasteiger partial charge is 0.477 e. The summed E-state index contributed by atoms with van der Waals surface area (Å²) in [5.41, 5.74) is -2.95. The average molecular weight is 462 g/mol. The van der Waals surface area contributed by atoms with Crippen LogP contribution in [0.1, 0.15) is 41.3 Å². The van der Waals surface area contributed by atoms with E-state index in [1.165, 1.54) is 13.8 Å². The Morgan fingerprint density at radius 3 is 2.39 bits per heavy atom. The fourth-order valence-electron chi connectivity index (χ4n) is 2.67. The van der Waals surface area contributed by atoms with E-state index in [2.05, 4.69) is 0 Å². The lowest BCUT2D eigenvalue weighted by Gasteiger charge is -2.16. The van der Waals surface area contributed by atoms with E-state index in [-0.39, 0.29) is 23.7 Å². The molecule has 0 saturated heterocycles. The molecule has 0 bridgehead atoms. The molecule has 1 unspecified atom stereocenters. The third-order valence-electron chi connectivity index (χ3n) is 4.12. The number of nitro groups is 1. The Morgan fingerprint density at radius 1 is 1.26 bits per heavy atom. The number of halogens is 4. The molecule has 0 aliphatic carbocycles. The number of carbonyl (C=O) groups excluding carboxylic acids is 1. The zero-order chi connectivity index (χ0) is 23.5. The van der Waals surface area contributed by atoms with Gasteiger partial charge < -0.3 is 14.6 Å². The number of carboxylic acids is 1. The fourth-order valence-corrected chi connectivity index (χ4v) is 2.89. The zero-order valence-corrected chi connectivity index (χ0v) is 16.8. The number of esters is 1. The van der Waals surface area contributed by atoms with E-state index in [9.17, 15) is 38.0 Å². The molecule has 0 amide bonds. The number of hydrogen-bond donors (Lipinski definition) is 1. The second-order valence-corrected chi connectivity index (χ2v) is 6.60. The van der Waals surface area contributed by atoms with E-state index in [4.69, 9.17) is 21.1 Å². The van der Waals surface area contributed by atoms with Gasteiger partial charge in [0.25, 0.3) is 5.69 Å². The summed E-state index contributed by atoms with van der Waals surface area (Å²) >= 11 is 5.84. The van der Waals surface area contributed by atoms with Crippen molar-refractivity contribution >= 4 is 29.2 Å². The molecule has 31 heavy (non-hydrogen) atoms. The minimum atomic E-state index is -4.64. The van der Waals surface area contributed by atoms with Gasteiger partial charge in [-0.1, -0.05) is 11.6 Å². The maximum absolute atomic E-state index is 12.8. The molecule has 0 aliphatic heterocycles. The van der Waals surface area contributed by atoms with Crippen molar-refractivity contribution in [3.8, 4) is 11.5 Å². The molecule has 166 valence electrons. The molecule has 1 atom stereocenters. The first-order valence-electron chi connectivity index (χ1n) is 8.63. The number of carbonyl (C=O) groups is 2. The number of ether oxygens (including phenoxy) is 2. The van der Waals surface area contributed by atoms with Gasteiger partial charge in [-0.25, -0.2) is 4.79 Å². The molecule has 8 nitrogen and oxygen atoms in total. The van der Waals surface area contributed by atoms with Crippen LogP contribution in [-0.4, -0.2) is 28.6 Å². The number of nitro benzene ring substituents is 1. The van der Waals surface area contributed by atoms with E-state index in [1.54, 1.807) is 0 Å². The van der Waals surface area contributed by atoms with Crippen LogP contribution >= 0.6 is 11.6 Å². The van der Waals surface area contributed by atoms with Crippen LogP contribution in [0, 0.1) is 10.1 Å². The Balaban J connectivity index is 2.60. The molecular weight excluding hydrogens is 447 g/mol. The minimum Gasteiger partial charge on any atom is -0.477 e. The van der Waals surface area contributed by atoms with E-state index in [0.717, 1.165) is 18.2 Å². The van der Waals surface area contributed by atoms with Crippen molar-refractivity contribution < 1.29 is 42.3 Å². The molecule has 0 fully saturated rings. The number of hydrogen-bond acceptors (Lipinski definition) is 6. The van der Waals surface area contributed by atoms with Gasteiger partial charge in [-0.3, -0.25) is 14.9 Å². The highest BCUT2D eigenvalue weighted by Gasteiger charge is 2.33. The van der Waals surface area contributed by atoms with Crippen LogP contribution in [0.3, 0.4) is 0 Å². The van der Waals surface area contributed by atoms with Crippen molar-refractivity contribution in [1.29, 1.82) is 0 Å². The maximum atomic E-state index is 12.8. The van der Waals surface area contributed by atoms with Crippen LogP contribution < -0.4 is 4.74 Å². The summed E-state index contributed by atoms with van der Waals surface area (Å²) in [4.78, 5) is 34.2. The van der Waals surface area contributed by atoms with Crippen LogP contribution in [0.2, 0.25) is 5.02 Å². The summed E-state index contributed by atoms with van der Waals surface area (Å²) in [7, 11) is 0. The van der Waals surface area contributed by atoms with Gasteiger partial charge in [0.15, 0.2) is 0 Å². The van der Waals surface area contributed by atoms with Gasteiger partial charge in [0, 0.05) is 11.6 Å². The van der Waals surface area contributed by atoms with Crippen LogP contribution in [0.25, 0.3) is 0 Å². The summed E-state index contributed by atoms with van der Waals surface area (Å²) in [5.74, 6) is -4.28. The Morgan fingerprint density at radius 2 is 1.90 bits per heavy atom. The summed E-state index contributed by atoms with van der Waals surface area (Å²) in [5, 5.41) is 20.5. The second-order valence-electron chi connectivity index (χ2n) is 6.19. The molecule has 0 heterocycles. The standard InChI is InChI=1S/C19H15ClF3NO7/c1-3-30-18(27)9(2)12-7-11(8-13(17(25)26)16(12)24(28)29)31-15-5-4-10(6-14(15)20)19(21,22)23/h4-9H,3H2,1-2H3,(H,25,26). The van der Waals surface area contributed by atoms with Gasteiger partial charge in [-0.2, -0.15) is 13.2 Å². The van der Waals surface area contributed by atoms with Gasteiger partial charge in [0.2, 0.25) is 0 Å². The Hall–Kier alpha value is -3.34. The third-order valence-corrected chi connectivity index (χ3v) is 4.41. The van der Waals surface area contributed by atoms with Gasteiger partial charge in [0.1, 0.15) is 17.1 Å². The van der Waals surface area contributed by atoms with Crippen molar-refractivity contribution in [2.24, 2.45) is 0 Å². The first-order valence-corrected chi connectivity index (χ1v) is 9.01. The van der Waals surface area contributed by atoms with E-state index >= 15 is 0 Å². The molecular formula is C19H15ClF3NO7. The smallest absolute Gasteiger partial charge is 0.416 e. The average Bonchev–Trinajstić information content (AvgIpc) is 2.67. The predicted molar refractivity (Wildman–Crippen MR) is 102 cm³/mol. The van der Waals surface area contributed by atoms with Crippen LogP contribution in [0.5, 0.6) is 11.5 Å². The van der Waals surface area contributed by atoms with Crippen LogP contribution in [0.4, 0.5) is 18.9 Å². The minimum absolute atomic E-state index is 0.0138. The molecule has 0 spiro atoms. The number of rotatable bonds is 7. The van der Waals surface area contributed by atoms with Crippen LogP contribution in [0.15, 0.2) is 30.3 Å². The third kappa shape index (κ3) is 5.43. The van der Waals surface area contributed by atoms with Gasteiger partial charge >= 0.3 is 18.1 Å². The molecule has 2 rings (SSSR count). The summed E-state index contributed by atoms with van der Waals surface area (Å²) in [6.45, 7) is 2.79. The van der Waals surface area contributed by atoms with Gasteiger partial charge in [-0.05, 0) is 38.1 Å². The quantitative estimate of drug-likeness (QED) is 0.332. The van der Waals surface area contributed by atoms with E-state index in [1.807, 2.05) is 0 Å². The molecule has 1 N–H and O–H groups in total. The highest BCUT2D eigenvalue weighted by molar-refractivity contribution is 6.32. The summed E-state index contributed by atoms with van der Waals surface area (Å²) in [6.07, 6.45) is -4.64. The zero-order valence-electron chi connectivity index (χ0n) is 16.0. The molecule has 0 saturated carbocycles. The number of alkyl halides is 3. The first-order chi connectivity index (χ1) is 14.4. The van der Waals surface area contributed by atoms with Crippen molar-refractivity contribution in [2.75, 3.05) is 6.61 Å². The predicted octanol–water partition coefficient (Wildman–Crippen LogP) is 5.42. The lowest BCUT2D eigenvalue weighted by molar-refractivity contribution is -0.386. The molecule has 12 heteroatoms. The van der Waals surface area contributed by atoms with Crippen molar-refractivity contribution in [3.05, 3.63) is 62.2 Å². The molecule has 2 aromatic carbocycles. The molecule has 0 aromatic heterocycles. The summed E-state index contributed by atoms with van der Waals surface area (Å²) in [6, 6.07) is 4.09. The number of benzene rings is 2.